The first-order valence-corrected chi connectivity index (χ1v) is 11.9. The van der Waals surface area contributed by atoms with Crippen LogP contribution in [0.3, 0.4) is 0 Å². The average molecular weight is 457 g/mol. The van der Waals surface area contributed by atoms with E-state index in [4.69, 9.17) is 4.74 Å². The number of nitrogens with zero attached hydrogens (tertiary/aromatic N) is 2. The van der Waals surface area contributed by atoms with Gasteiger partial charge in [-0.25, -0.2) is 9.13 Å². The third-order valence-electron chi connectivity index (χ3n) is 5.99. The van der Waals surface area contributed by atoms with Crippen molar-refractivity contribution in [2.24, 2.45) is 7.05 Å². The minimum Gasteiger partial charge on any atom is -1.00 e. The number of ketones is 1. The van der Waals surface area contributed by atoms with Crippen LogP contribution in [0.5, 0.6) is 5.75 Å². The molecular formula is C27H37ClN2O2. The molecule has 4 nitrogen and oxygen atoms in total. The summed E-state index contributed by atoms with van der Waals surface area (Å²) in [6, 6.07) is 18.1. The SMILES string of the molecule is CCCCCCCCCCC(=O)Cn1c(COc2ccccc2)[n+](C)c2ccccc21.[Cl-]. The molecule has 2 aromatic carbocycles. The number of aromatic nitrogens is 2. The Bertz CT molecular complexity index is 953. The second-order valence-electron chi connectivity index (χ2n) is 8.42. The normalized spacial score (nSPS) is 10.8. The lowest BCUT2D eigenvalue weighted by atomic mass is 10.1. The highest BCUT2D eigenvalue weighted by molar-refractivity contribution is 5.81. The Kier molecular flexibility index (Phi) is 11.3. The van der Waals surface area contributed by atoms with Crippen LogP contribution in [0.2, 0.25) is 0 Å². The van der Waals surface area contributed by atoms with Crippen molar-refractivity contribution < 1.29 is 26.5 Å². The summed E-state index contributed by atoms with van der Waals surface area (Å²) in [5, 5.41) is 0. The van der Waals surface area contributed by atoms with Crippen molar-refractivity contribution in [3.05, 3.63) is 60.4 Å². The summed E-state index contributed by atoms with van der Waals surface area (Å²) in [5.41, 5.74) is 2.20. The number of hydrogen-bond donors (Lipinski definition) is 0. The molecule has 3 rings (SSSR count). The maximum absolute atomic E-state index is 12.8. The molecule has 0 unspecified atom stereocenters. The van der Waals surface area contributed by atoms with Crippen LogP contribution >= 0.6 is 0 Å². The lowest BCUT2D eigenvalue weighted by Crippen LogP contribution is -3.00. The van der Waals surface area contributed by atoms with Gasteiger partial charge >= 0.3 is 0 Å². The molecule has 0 saturated carbocycles. The number of para-hydroxylation sites is 3. The first-order valence-electron chi connectivity index (χ1n) is 11.9. The van der Waals surface area contributed by atoms with Crippen LogP contribution in [0.15, 0.2) is 54.6 Å². The van der Waals surface area contributed by atoms with Crippen molar-refractivity contribution in [1.82, 2.24) is 4.57 Å². The van der Waals surface area contributed by atoms with Crippen LogP contribution in [0, 0.1) is 0 Å². The zero-order valence-electron chi connectivity index (χ0n) is 19.6. The van der Waals surface area contributed by atoms with E-state index in [1.165, 1.54) is 38.5 Å². The molecule has 0 radical (unpaired) electrons. The summed E-state index contributed by atoms with van der Waals surface area (Å²) in [6.45, 7) is 3.09. The molecule has 0 spiro atoms. The molecule has 0 amide bonds. The van der Waals surface area contributed by atoms with Gasteiger partial charge in [-0.2, -0.15) is 0 Å². The van der Waals surface area contributed by atoms with Crippen molar-refractivity contribution >= 4 is 16.8 Å². The smallest absolute Gasteiger partial charge is 0.296 e. The van der Waals surface area contributed by atoms with Crippen LogP contribution < -0.4 is 21.7 Å². The molecule has 5 heteroatoms. The molecule has 1 heterocycles. The van der Waals surface area contributed by atoms with Crippen molar-refractivity contribution in [3.63, 3.8) is 0 Å². The molecule has 0 bridgehead atoms. The van der Waals surface area contributed by atoms with Gasteiger partial charge < -0.3 is 17.1 Å². The summed E-state index contributed by atoms with van der Waals surface area (Å²) in [6.07, 6.45) is 10.7. The van der Waals surface area contributed by atoms with E-state index in [1.807, 2.05) is 49.5 Å². The van der Waals surface area contributed by atoms with E-state index < -0.39 is 0 Å². The lowest BCUT2D eigenvalue weighted by molar-refractivity contribution is -0.655. The van der Waals surface area contributed by atoms with E-state index in [2.05, 4.69) is 28.2 Å². The maximum atomic E-state index is 12.8. The number of halogens is 1. The molecular weight excluding hydrogens is 420 g/mol. The highest BCUT2D eigenvalue weighted by atomic mass is 35.5. The molecule has 0 N–H and O–H groups in total. The number of imidazole rings is 1. The Morgan fingerprint density at radius 2 is 1.50 bits per heavy atom. The predicted octanol–water partition coefficient (Wildman–Crippen LogP) is 3.15. The molecule has 174 valence electrons. The van der Waals surface area contributed by atoms with E-state index >= 15 is 0 Å². The Hall–Kier alpha value is -2.33. The largest absolute Gasteiger partial charge is 1.00 e. The first-order chi connectivity index (χ1) is 15.2. The summed E-state index contributed by atoms with van der Waals surface area (Å²) in [7, 11) is 2.05. The summed E-state index contributed by atoms with van der Waals surface area (Å²) >= 11 is 0. The average Bonchev–Trinajstić information content (AvgIpc) is 3.06. The van der Waals surface area contributed by atoms with Gasteiger partial charge in [-0.1, -0.05) is 82.2 Å². The molecule has 0 aliphatic carbocycles. The zero-order chi connectivity index (χ0) is 21.9. The maximum Gasteiger partial charge on any atom is 0.296 e. The van der Waals surface area contributed by atoms with Gasteiger partial charge in [0.2, 0.25) is 0 Å². The van der Waals surface area contributed by atoms with Crippen LogP contribution in [0.1, 0.15) is 70.5 Å². The Labute approximate surface area is 199 Å². The van der Waals surface area contributed by atoms with Crippen molar-refractivity contribution in [2.75, 3.05) is 0 Å². The van der Waals surface area contributed by atoms with Gasteiger partial charge in [0, 0.05) is 6.42 Å². The number of benzene rings is 2. The molecule has 1 aromatic heterocycles. The second kappa shape index (κ2) is 13.9. The number of rotatable bonds is 14. The number of Topliss-reactive ketones (excluding diaryl/α,β-unsaturated/α-hetero) is 1. The molecule has 0 saturated heterocycles. The van der Waals surface area contributed by atoms with Crippen molar-refractivity contribution in [3.8, 4) is 5.75 Å². The van der Waals surface area contributed by atoms with Crippen LogP contribution in [0.25, 0.3) is 11.0 Å². The van der Waals surface area contributed by atoms with Crippen LogP contribution in [0.4, 0.5) is 0 Å². The van der Waals surface area contributed by atoms with Crippen LogP contribution in [-0.4, -0.2) is 10.4 Å². The third kappa shape index (κ3) is 7.37. The predicted molar refractivity (Wildman–Crippen MR) is 126 cm³/mol. The minimum absolute atomic E-state index is 0. The Morgan fingerprint density at radius 3 is 2.22 bits per heavy atom. The fourth-order valence-corrected chi connectivity index (χ4v) is 4.16. The van der Waals surface area contributed by atoms with E-state index in [0.717, 1.165) is 35.4 Å². The fraction of sp³-hybridized carbons (Fsp3) is 0.481. The third-order valence-corrected chi connectivity index (χ3v) is 5.99. The standard InChI is InChI=1S/C27H37N2O2.ClH/c1-3-4-5-6-7-8-9-11-16-23(30)21-29-26-20-15-14-19-25(26)28(2)27(29)22-31-24-17-12-10-13-18-24;/h10,12-15,17-20H,3-9,11,16,21-22H2,1-2H3;1H/q+1;/p-1. The quantitative estimate of drug-likeness (QED) is 0.276. The number of carbonyl (C=O) groups excluding carboxylic acids is 1. The van der Waals surface area contributed by atoms with Crippen LogP contribution in [-0.2, 0) is 25.0 Å². The molecule has 0 fully saturated rings. The topological polar surface area (TPSA) is 35.1 Å². The van der Waals surface area contributed by atoms with E-state index in [9.17, 15) is 4.79 Å². The van der Waals surface area contributed by atoms with Gasteiger partial charge in [-0.15, -0.1) is 0 Å². The van der Waals surface area contributed by atoms with E-state index in [0.29, 0.717) is 25.4 Å². The highest BCUT2D eigenvalue weighted by Crippen LogP contribution is 2.18. The Balaban J connectivity index is 0.00000363. The molecule has 0 atom stereocenters. The number of carbonyl (C=O) groups is 1. The number of fused-ring (bicyclic) bond motifs is 1. The summed E-state index contributed by atoms with van der Waals surface area (Å²) in [5.74, 6) is 2.15. The highest BCUT2D eigenvalue weighted by Gasteiger charge is 2.24. The molecule has 0 aliphatic rings. The number of ether oxygens (including phenoxy) is 1. The number of unbranched alkanes of at least 4 members (excludes halogenated alkanes) is 7. The van der Waals surface area contributed by atoms with Crippen molar-refractivity contribution in [1.29, 1.82) is 0 Å². The van der Waals surface area contributed by atoms with Crippen molar-refractivity contribution in [2.45, 2.75) is 77.9 Å². The summed E-state index contributed by atoms with van der Waals surface area (Å²) < 4.78 is 10.3. The van der Waals surface area contributed by atoms with E-state index in [-0.39, 0.29) is 12.4 Å². The molecule has 0 aliphatic heterocycles. The minimum atomic E-state index is 0. The molecule has 3 aromatic rings. The van der Waals surface area contributed by atoms with Gasteiger partial charge in [-0.3, -0.25) is 4.79 Å². The molecule has 32 heavy (non-hydrogen) atoms. The number of hydrogen-bond acceptors (Lipinski definition) is 2. The summed E-state index contributed by atoms with van der Waals surface area (Å²) in [4.78, 5) is 12.8. The Morgan fingerprint density at radius 1 is 0.875 bits per heavy atom. The zero-order valence-corrected chi connectivity index (χ0v) is 20.3. The first kappa shape index (κ1) is 25.9. The van der Waals surface area contributed by atoms with Gasteiger partial charge in [0.25, 0.3) is 5.82 Å². The van der Waals surface area contributed by atoms with Gasteiger partial charge in [-0.05, 0) is 30.7 Å². The van der Waals surface area contributed by atoms with Gasteiger partial charge in [0.15, 0.2) is 23.4 Å². The van der Waals surface area contributed by atoms with E-state index in [1.54, 1.807) is 0 Å². The number of aryl methyl sites for hydroxylation is 1. The van der Waals surface area contributed by atoms with Gasteiger partial charge in [0.05, 0.1) is 7.05 Å². The lowest BCUT2D eigenvalue weighted by Gasteiger charge is -2.06. The van der Waals surface area contributed by atoms with Gasteiger partial charge in [0.1, 0.15) is 12.3 Å². The monoisotopic (exact) mass is 456 g/mol. The fourth-order valence-electron chi connectivity index (χ4n) is 4.16. The second-order valence-corrected chi connectivity index (χ2v) is 8.42.